The highest BCUT2D eigenvalue weighted by molar-refractivity contribution is 5.96. The number of ether oxygens (including phenoxy) is 1. The number of phenolic OH excluding ortho intramolecular Hbond substituents is 1. The molecule has 1 heterocycles. The molecule has 0 radical (unpaired) electrons. The number of benzene rings is 1. The van der Waals surface area contributed by atoms with E-state index in [0.717, 1.165) is 58.0 Å². The number of carbonyl (C=O) groups excluding carboxylic acids is 1. The molecule has 0 bridgehead atoms. The second-order valence-corrected chi connectivity index (χ2v) is 7.14. The first kappa shape index (κ1) is 23.0. The summed E-state index contributed by atoms with van der Waals surface area (Å²) in [7, 11) is 1.74. The zero-order valence-electron chi connectivity index (χ0n) is 17.6. The highest BCUT2D eigenvalue weighted by Gasteiger charge is 2.19. The molecule has 1 aromatic carbocycles. The number of nitrogens with one attached hydrogen (secondary N) is 3. The molecule has 0 aliphatic carbocycles. The van der Waals surface area contributed by atoms with Gasteiger partial charge in [0, 0.05) is 52.5 Å². The zero-order valence-corrected chi connectivity index (χ0v) is 17.6. The first-order valence-electron chi connectivity index (χ1n) is 10.5. The van der Waals surface area contributed by atoms with Crippen LogP contribution in [0.15, 0.2) is 29.3 Å². The molecule has 8 nitrogen and oxygen atoms in total. The van der Waals surface area contributed by atoms with Crippen LogP contribution in [0.3, 0.4) is 0 Å². The van der Waals surface area contributed by atoms with E-state index in [9.17, 15) is 9.90 Å². The molecule has 1 amide bonds. The lowest BCUT2D eigenvalue weighted by Gasteiger charge is -2.33. The third kappa shape index (κ3) is 8.29. The van der Waals surface area contributed by atoms with Gasteiger partial charge in [0.15, 0.2) is 5.96 Å². The molecule has 0 unspecified atom stereocenters. The first-order valence-corrected chi connectivity index (χ1v) is 10.5. The number of aromatic hydroxyl groups is 1. The summed E-state index contributed by atoms with van der Waals surface area (Å²) in [4.78, 5) is 19.2. The molecule has 8 heteroatoms. The SMILES string of the molecule is CCNC(=NCCNC(=O)c1ccccc1O)NC1CCN(CCCOC)CC1. The van der Waals surface area contributed by atoms with E-state index >= 15 is 0 Å². The maximum atomic E-state index is 12.1. The summed E-state index contributed by atoms with van der Waals surface area (Å²) in [6.07, 6.45) is 3.24. The molecule has 0 aromatic heterocycles. The summed E-state index contributed by atoms with van der Waals surface area (Å²) in [5.41, 5.74) is 0.277. The van der Waals surface area contributed by atoms with Crippen molar-refractivity contribution >= 4 is 11.9 Å². The van der Waals surface area contributed by atoms with E-state index in [2.05, 4.69) is 25.8 Å². The number of hydrogen-bond acceptors (Lipinski definition) is 5. The smallest absolute Gasteiger partial charge is 0.255 e. The van der Waals surface area contributed by atoms with Gasteiger partial charge in [0.25, 0.3) is 5.91 Å². The van der Waals surface area contributed by atoms with Gasteiger partial charge in [-0.3, -0.25) is 9.79 Å². The second kappa shape index (κ2) is 13.0. The fraction of sp³-hybridized carbons (Fsp3) is 0.619. The molecule has 1 fully saturated rings. The number of piperidine rings is 1. The monoisotopic (exact) mass is 405 g/mol. The molecule has 2 rings (SSSR count). The Kier molecular flexibility index (Phi) is 10.3. The Hall–Kier alpha value is -2.32. The summed E-state index contributed by atoms with van der Waals surface area (Å²) < 4.78 is 5.12. The molecule has 1 aliphatic rings. The van der Waals surface area contributed by atoms with Crippen LogP contribution in [0.25, 0.3) is 0 Å². The van der Waals surface area contributed by atoms with Crippen LogP contribution in [0.1, 0.15) is 36.5 Å². The second-order valence-electron chi connectivity index (χ2n) is 7.14. The van der Waals surface area contributed by atoms with Gasteiger partial charge >= 0.3 is 0 Å². The summed E-state index contributed by atoms with van der Waals surface area (Å²) >= 11 is 0. The van der Waals surface area contributed by atoms with Crippen molar-refractivity contribution in [3.63, 3.8) is 0 Å². The third-order valence-corrected chi connectivity index (χ3v) is 4.91. The van der Waals surface area contributed by atoms with Crippen molar-refractivity contribution in [2.75, 3.05) is 53.0 Å². The van der Waals surface area contributed by atoms with Crippen LogP contribution < -0.4 is 16.0 Å². The zero-order chi connectivity index (χ0) is 20.9. The van der Waals surface area contributed by atoms with E-state index in [4.69, 9.17) is 4.74 Å². The average molecular weight is 406 g/mol. The Balaban J connectivity index is 1.72. The molecule has 1 saturated heterocycles. The van der Waals surface area contributed by atoms with Gasteiger partial charge in [0.05, 0.1) is 12.1 Å². The number of likely N-dealkylation sites (tertiary alicyclic amines) is 1. The summed E-state index contributed by atoms with van der Waals surface area (Å²) in [6.45, 7) is 7.75. The molecule has 0 saturated carbocycles. The van der Waals surface area contributed by atoms with Gasteiger partial charge in [-0.1, -0.05) is 12.1 Å². The quantitative estimate of drug-likeness (QED) is 0.265. The molecule has 0 atom stereocenters. The predicted octanol–water partition coefficient (Wildman–Crippen LogP) is 1.18. The van der Waals surface area contributed by atoms with Crippen molar-refractivity contribution in [3.05, 3.63) is 29.8 Å². The van der Waals surface area contributed by atoms with E-state index in [0.29, 0.717) is 19.1 Å². The number of amides is 1. The van der Waals surface area contributed by atoms with Crippen LogP contribution in [0.4, 0.5) is 0 Å². The Labute approximate surface area is 173 Å². The van der Waals surface area contributed by atoms with Gasteiger partial charge in [0.1, 0.15) is 5.75 Å². The molecule has 0 spiro atoms. The number of aliphatic imine (C=N–C) groups is 1. The Morgan fingerprint density at radius 3 is 2.72 bits per heavy atom. The van der Waals surface area contributed by atoms with Gasteiger partial charge in [-0.25, -0.2) is 0 Å². The van der Waals surface area contributed by atoms with Crippen molar-refractivity contribution in [2.45, 2.75) is 32.2 Å². The molecule has 162 valence electrons. The fourth-order valence-electron chi connectivity index (χ4n) is 3.34. The molecule has 4 N–H and O–H groups in total. The lowest BCUT2D eigenvalue weighted by molar-refractivity contribution is 0.0952. The highest BCUT2D eigenvalue weighted by Crippen LogP contribution is 2.14. The minimum atomic E-state index is -0.294. The number of carbonyl (C=O) groups is 1. The van der Waals surface area contributed by atoms with Crippen LogP contribution in [0.5, 0.6) is 5.75 Å². The third-order valence-electron chi connectivity index (χ3n) is 4.91. The Morgan fingerprint density at radius 1 is 1.28 bits per heavy atom. The summed E-state index contributed by atoms with van der Waals surface area (Å²) in [5, 5.41) is 19.3. The number of methoxy groups -OCH3 is 1. The van der Waals surface area contributed by atoms with E-state index in [1.807, 2.05) is 6.92 Å². The minimum Gasteiger partial charge on any atom is -0.507 e. The van der Waals surface area contributed by atoms with E-state index in [1.165, 1.54) is 6.07 Å². The first-order chi connectivity index (χ1) is 14.1. The minimum absolute atomic E-state index is 0.0166. The van der Waals surface area contributed by atoms with Crippen molar-refractivity contribution in [3.8, 4) is 5.75 Å². The summed E-state index contributed by atoms with van der Waals surface area (Å²) in [6, 6.07) is 6.92. The number of rotatable bonds is 10. The van der Waals surface area contributed by atoms with Crippen molar-refractivity contribution in [1.29, 1.82) is 0 Å². The van der Waals surface area contributed by atoms with Crippen LogP contribution in [-0.2, 0) is 4.74 Å². The predicted molar refractivity (Wildman–Crippen MR) is 116 cm³/mol. The normalized spacial score (nSPS) is 15.9. The van der Waals surface area contributed by atoms with Gasteiger partial charge in [0.2, 0.25) is 0 Å². The van der Waals surface area contributed by atoms with Crippen molar-refractivity contribution in [1.82, 2.24) is 20.9 Å². The van der Waals surface area contributed by atoms with Gasteiger partial charge < -0.3 is 30.7 Å². The standard InChI is InChI=1S/C21H35N5O3/c1-3-22-21(25-17-9-14-26(15-10-17)13-6-16-29-2)24-12-11-23-20(28)18-7-4-5-8-19(18)27/h4-5,7-8,17,27H,3,6,9-16H2,1-2H3,(H,23,28)(H2,22,24,25). The topological polar surface area (TPSA) is 98.2 Å². The maximum Gasteiger partial charge on any atom is 0.255 e. The summed E-state index contributed by atoms with van der Waals surface area (Å²) in [5.74, 6) is 0.469. The van der Waals surface area contributed by atoms with Crippen LogP contribution in [0, 0.1) is 0 Å². The fourth-order valence-corrected chi connectivity index (χ4v) is 3.34. The van der Waals surface area contributed by atoms with E-state index < -0.39 is 0 Å². The number of guanidine groups is 1. The van der Waals surface area contributed by atoms with Crippen LogP contribution >= 0.6 is 0 Å². The lowest BCUT2D eigenvalue weighted by atomic mass is 10.1. The lowest BCUT2D eigenvalue weighted by Crippen LogP contribution is -2.49. The maximum absolute atomic E-state index is 12.1. The number of phenols is 1. The van der Waals surface area contributed by atoms with E-state index in [-0.39, 0.29) is 17.2 Å². The van der Waals surface area contributed by atoms with E-state index in [1.54, 1.807) is 25.3 Å². The number of nitrogens with zero attached hydrogens (tertiary/aromatic N) is 2. The molecular weight excluding hydrogens is 370 g/mol. The highest BCUT2D eigenvalue weighted by atomic mass is 16.5. The number of para-hydroxylation sites is 1. The molecule has 1 aliphatic heterocycles. The molecular formula is C21H35N5O3. The van der Waals surface area contributed by atoms with Crippen molar-refractivity contribution < 1.29 is 14.6 Å². The van der Waals surface area contributed by atoms with Gasteiger partial charge in [-0.2, -0.15) is 0 Å². The average Bonchev–Trinajstić information content (AvgIpc) is 2.73. The molecule has 1 aromatic rings. The van der Waals surface area contributed by atoms with Crippen LogP contribution in [0.2, 0.25) is 0 Å². The van der Waals surface area contributed by atoms with Crippen molar-refractivity contribution in [2.24, 2.45) is 4.99 Å². The Morgan fingerprint density at radius 2 is 2.03 bits per heavy atom. The Bertz CT molecular complexity index is 645. The van der Waals surface area contributed by atoms with Gasteiger partial charge in [-0.15, -0.1) is 0 Å². The molecule has 29 heavy (non-hydrogen) atoms. The number of hydrogen-bond donors (Lipinski definition) is 4. The largest absolute Gasteiger partial charge is 0.507 e. The van der Waals surface area contributed by atoms with Crippen LogP contribution in [-0.4, -0.2) is 80.9 Å². The van der Waals surface area contributed by atoms with Gasteiger partial charge in [-0.05, 0) is 38.3 Å².